The quantitative estimate of drug-likeness (QED) is 0.319. The van der Waals surface area contributed by atoms with Crippen LogP contribution < -0.4 is 0 Å². The van der Waals surface area contributed by atoms with Crippen molar-refractivity contribution in [3.63, 3.8) is 0 Å². The van der Waals surface area contributed by atoms with Gasteiger partial charge in [0.05, 0.1) is 0 Å². The average molecular weight is 268 g/mol. The van der Waals surface area contributed by atoms with Crippen LogP contribution in [0.25, 0.3) is 0 Å². The summed E-state index contributed by atoms with van der Waals surface area (Å²) in [4.78, 5) is 32.9. The Kier molecular flexibility index (Phi) is 6.25. The molecule has 0 aliphatic carbocycles. The zero-order chi connectivity index (χ0) is 9.50. The number of hydrogen-bond acceptors (Lipinski definition) is 2. The SMILES string of the molecule is O=P(O)(O)C(Cl)(Cl)P(=O)(O)O.[Na]. The molecule has 0 aromatic rings. The molecule has 0 bridgehead atoms. The minimum absolute atomic E-state index is 0. The van der Waals surface area contributed by atoms with Gasteiger partial charge in [-0.3, -0.25) is 9.13 Å². The Morgan fingerprint density at radius 3 is 1.08 bits per heavy atom. The Hall–Kier alpha value is 1.88. The van der Waals surface area contributed by atoms with Crippen LogP contribution in [0.5, 0.6) is 0 Å². The fourth-order valence-electron chi connectivity index (χ4n) is 0.170. The predicted octanol–water partition coefficient (Wildman–Crippen LogP) is 0.0499. The van der Waals surface area contributed by atoms with Crippen LogP contribution in [0.15, 0.2) is 0 Å². The largest absolute Gasteiger partial charge is 0.373 e. The molecular weight excluding hydrogens is 264 g/mol. The van der Waals surface area contributed by atoms with Crippen LogP contribution in [0.2, 0.25) is 0 Å². The minimum atomic E-state index is -5.22. The van der Waals surface area contributed by atoms with Gasteiger partial charge in [-0.25, -0.2) is 0 Å². The molecule has 6 nitrogen and oxygen atoms in total. The normalized spacial score (nSPS) is 13.8. The molecule has 0 amide bonds. The maximum absolute atomic E-state index is 10.2. The smallest absolute Gasteiger partial charge is 0.322 e. The van der Waals surface area contributed by atoms with Crippen LogP contribution in [-0.2, 0) is 9.13 Å². The molecule has 0 atom stereocenters. The Morgan fingerprint density at radius 2 is 1.08 bits per heavy atom. The molecule has 11 heteroatoms. The summed E-state index contributed by atoms with van der Waals surface area (Å²) < 4.78 is 17.1. The number of halogens is 2. The molecule has 0 aromatic carbocycles. The fraction of sp³-hybridized carbons (Fsp3) is 1.00. The van der Waals surface area contributed by atoms with E-state index in [1.165, 1.54) is 0 Å². The van der Waals surface area contributed by atoms with E-state index in [9.17, 15) is 9.13 Å². The van der Waals surface area contributed by atoms with Gasteiger partial charge in [0.2, 0.25) is 0 Å². The molecule has 0 aromatic heterocycles. The van der Waals surface area contributed by atoms with Crippen LogP contribution in [-0.4, -0.2) is 52.9 Å². The molecule has 12 heavy (non-hydrogen) atoms. The van der Waals surface area contributed by atoms with E-state index in [-0.39, 0.29) is 29.6 Å². The van der Waals surface area contributed by atoms with Gasteiger partial charge in [-0.1, -0.05) is 23.2 Å². The van der Waals surface area contributed by atoms with Crippen molar-refractivity contribution in [1.82, 2.24) is 0 Å². The van der Waals surface area contributed by atoms with Gasteiger partial charge in [0, 0.05) is 29.6 Å². The van der Waals surface area contributed by atoms with E-state index < -0.39 is 19.0 Å². The van der Waals surface area contributed by atoms with E-state index in [4.69, 9.17) is 42.8 Å². The molecule has 0 fully saturated rings. The molecule has 69 valence electrons. The second-order valence-electron chi connectivity index (χ2n) is 1.60. The zero-order valence-corrected chi connectivity index (χ0v) is 11.1. The Bertz CT molecular complexity index is 216. The van der Waals surface area contributed by atoms with Crippen LogP contribution in [0, 0.1) is 0 Å². The van der Waals surface area contributed by atoms with E-state index in [1.807, 2.05) is 0 Å². The van der Waals surface area contributed by atoms with Gasteiger partial charge in [-0.15, -0.1) is 0 Å². The van der Waals surface area contributed by atoms with E-state index in [2.05, 4.69) is 0 Å². The van der Waals surface area contributed by atoms with Crippen molar-refractivity contribution in [2.45, 2.75) is 3.82 Å². The van der Waals surface area contributed by atoms with Crippen molar-refractivity contribution < 1.29 is 28.7 Å². The topological polar surface area (TPSA) is 115 Å². The molecule has 0 aliphatic rings. The molecule has 0 heterocycles. The van der Waals surface area contributed by atoms with Crippen molar-refractivity contribution in [2.75, 3.05) is 0 Å². The summed E-state index contributed by atoms with van der Waals surface area (Å²) in [5.74, 6) is 0. The van der Waals surface area contributed by atoms with Gasteiger partial charge < -0.3 is 19.6 Å². The summed E-state index contributed by atoms with van der Waals surface area (Å²) in [7, 11) is -10.4. The molecule has 0 aliphatic heterocycles. The average Bonchev–Trinajstić information content (AvgIpc) is 1.58. The second-order valence-corrected chi connectivity index (χ2v) is 7.85. The first-order chi connectivity index (χ1) is 4.50. The van der Waals surface area contributed by atoms with Gasteiger partial charge in [0.25, 0.3) is 0 Å². The first-order valence-electron chi connectivity index (χ1n) is 1.99. The van der Waals surface area contributed by atoms with Crippen molar-refractivity contribution in [1.29, 1.82) is 0 Å². The van der Waals surface area contributed by atoms with E-state index in [1.54, 1.807) is 0 Å². The number of rotatable bonds is 2. The second kappa shape index (κ2) is 4.60. The van der Waals surface area contributed by atoms with Crippen molar-refractivity contribution in [3.05, 3.63) is 0 Å². The molecule has 4 N–H and O–H groups in total. The summed E-state index contributed by atoms with van der Waals surface area (Å²) in [6, 6.07) is 0. The molecule has 0 spiro atoms. The minimum Gasteiger partial charge on any atom is -0.322 e. The molecule has 1 radical (unpaired) electrons. The number of hydrogen-bond donors (Lipinski definition) is 4. The monoisotopic (exact) mass is 267 g/mol. The standard InChI is InChI=1S/CH4Cl2O6P2.Na/c2-1(3,10(4,5)6)11(7,8)9;/h(H2,4,5,6)(H2,7,8,9);. The van der Waals surface area contributed by atoms with Crippen LogP contribution in [0.1, 0.15) is 0 Å². The van der Waals surface area contributed by atoms with Gasteiger partial charge in [0.1, 0.15) is 0 Å². The summed E-state index contributed by atoms with van der Waals surface area (Å²) in [5, 5.41) is 0. The predicted molar refractivity (Wildman–Crippen MR) is 44.3 cm³/mol. The Balaban J connectivity index is 0. The van der Waals surface area contributed by atoms with Crippen molar-refractivity contribution in [2.24, 2.45) is 0 Å². The summed E-state index contributed by atoms with van der Waals surface area (Å²) in [6.07, 6.45) is 0. The van der Waals surface area contributed by atoms with E-state index in [0.29, 0.717) is 0 Å². The van der Waals surface area contributed by atoms with Gasteiger partial charge >= 0.3 is 19.0 Å². The summed E-state index contributed by atoms with van der Waals surface area (Å²) in [6.45, 7) is 0. The molecule has 0 saturated heterocycles. The fourth-order valence-corrected chi connectivity index (χ4v) is 1.53. The van der Waals surface area contributed by atoms with Gasteiger partial charge in [0.15, 0.2) is 0 Å². The third-order valence-corrected chi connectivity index (χ3v) is 6.31. The van der Waals surface area contributed by atoms with Crippen molar-refractivity contribution >= 4 is 68.0 Å². The van der Waals surface area contributed by atoms with Crippen LogP contribution >= 0.6 is 38.4 Å². The first-order valence-corrected chi connectivity index (χ1v) is 5.97. The van der Waals surface area contributed by atoms with Gasteiger partial charge in [-0.2, -0.15) is 0 Å². The maximum Gasteiger partial charge on any atom is 0.373 e. The van der Waals surface area contributed by atoms with Crippen LogP contribution in [0.4, 0.5) is 0 Å². The van der Waals surface area contributed by atoms with Crippen LogP contribution in [0.3, 0.4) is 0 Å². The van der Waals surface area contributed by atoms with E-state index in [0.717, 1.165) is 0 Å². The summed E-state index contributed by atoms with van der Waals surface area (Å²) in [5.41, 5.74) is 0. The zero-order valence-electron chi connectivity index (χ0n) is 5.76. The first kappa shape index (κ1) is 16.3. The maximum atomic E-state index is 10.2. The van der Waals surface area contributed by atoms with Crippen molar-refractivity contribution in [3.8, 4) is 0 Å². The third-order valence-electron chi connectivity index (χ3n) is 0.701. The van der Waals surface area contributed by atoms with E-state index >= 15 is 0 Å². The Morgan fingerprint density at radius 1 is 0.917 bits per heavy atom. The molecule has 0 rings (SSSR count). The third kappa shape index (κ3) is 3.56. The number of alkyl halides is 2. The molecular formula is CH4Cl2NaO6P2. The molecule has 0 saturated carbocycles. The Labute approximate surface area is 99.9 Å². The summed E-state index contributed by atoms with van der Waals surface area (Å²) >= 11 is 9.46. The van der Waals surface area contributed by atoms with Gasteiger partial charge in [-0.05, 0) is 0 Å². The molecule has 0 unspecified atom stereocenters.